The van der Waals surface area contributed by atoms with Crippen LogP contribution in [0, 0.1) is 6.92 Å². The van der Waals surface area contributed by atoms with E-state index in [0.717, 1.165) is 38.6 Å². The molecule has 0 aromatic carbocycles. The van der Waals surface area contributed by atoms with E-state index in [9.17, 15) is 0 Å². The molecule has 1 fully saturated rings. The Labute approximate surface area is 157 Å². The second-order valence-electron chi connectivity index (χ2n) is 5.96. The molecular weight excluding hydrogens is 403 g/mol. The highest BCUT2D eigenvalue weighted by Crippen LogP contribution is 2.07. The third-order valence-corrected chi connectivity index (χ3v) is 4.01. The summed E-state index contributed by atoms with van der Waals surface area (Å²) in [5.41, 5.74) is 1.21. The van der Waals surface area contributed by atoms with Crippen molar-refractivity contribution in [1.29, 1.82) is 0 Å². The Morgan fingerprint density at radius 3 is 2.57 bits per heavy atom. The van der Waals surface area contributed by atoms with Crippen LogP contribution in [-0.4, -0.2) is 60.4 Å². The lowest BCUT2D eigenvalue weighted by Gasteiger charge is -2.26. The quantitative estimate of drug-likeness (QED) is 0.298. The van der Waals surface area contributed by atoms with E-state index in [4.69, 9.17) is 0 Å². The topological polar surface area (TPSA) is 57.5 Å². The van der Waals surface area contributed by atoms with Crippen molar-refractivity contribution in [3.05, 3.63) is 18.0 Å². The Kier molecular flexibility index (Phi) is 10.3. The van der Waals surface area contributed by atoms with Crippen molar-refractivity contribution in [2.75, 3.05) is 39.8 Å². The first-order valence-corrected chi connectivity index (χ1v) is 8.44. The van der Waals surface area contributed by atoms with Crippen molar-refractivity contribution in [2.45, 2.75) is 39.2 Å². The minimum atomic E-state index is 0. The molecule has 2 rings (SSSR count). The van der Waals surface area contributed by atoms with Gasteiger partial charge in [0.1, 0.15) is 0 Å². The van der Waals surface area contributed by atoms with Gasteiger partial charge < -0.3 is 15.5 Å². The zero-order valence-corrected chi connectivity index (χ0v) is 16.8. The van der Waals surface area contributed by atoms with Gasteiger partial charge in [-0.2, -0.15) is 5.10 Å². The molecule has 7 heteroatoms. The molecule has 0 bridgehead atoms. The summed E-state index contributed by atoms with van der Waals surface area (Å²) < 4.78 is 1.99. The number of nitrogens with one attached hydrogen (secondary N) is 2. The van der Waals surface area contributed by atoms with E-state index in [2.05, 4.69) is 38.7 Å². The van der Waals surface area contributed by atoms with Crippen LogP contribution in [0.2, 0.25) is 0 Å². The number of hydrogen-bond acceptors (Lipinski definition) is 3. The van der Waals surface area contributed by atoms with Crippen molar-refractivity contribution < 1.29 is 0 Å². The Morgan fingerprint density at radius 1 is 1.17 bits per heavy atom. The number of aromatic nitrogens is 2. The second-order valence-corrected chi connectivity index (χ2v) is 5.96. The molecular formula is C16H31IN6. The van der Waals surface area contributed by atoms with E-state index in [-0.39, 0.29) is 24.0 Å². The maximum absolute atomic E-state index is 4.29. The van der Waals surface area contributed by atoms with Gasteiger partial charge in [0.25, 0.3) is 0 Å². The normalized spacial score (nSPS) is 16.0. The highest BCUT2D eigenvalue weighted by Gasteiger charge is 2.09. The van der Waals surface area contributed by atoms with E-state index in [1.54, 1.807) is 0 Å². The van der Waals surface area contributed by atoms with Crippen molar-refractivity contribution >= 4 is 29.9 Å². The molecule has 1 aromatic heterocycles. The van der Waals surface area contributed by atoms with Crippen molar-refractivity contribution in [3.8, 4) is 0 Å². The average Bonchev–Trinajstić information content (AvgIpc) is 2.96. The van der Waals surface area contributed by atoms with Crippen molar-refractivity contribution in [3.63, 3.8) is 0 Å². The molecule has 23 heavy (non-hydrogen) atoms. The lowest BCUT2D eigenvalue weighted by atomic mass is 10.1. The number of aliphatic imine (C=N–C) groups is 1. The molecule has 0 spiro atoms. The summed E-state index contributed by atoms with van der Waals surface area (Å²) in [6, 6.07) is 0. The third-order valence-electron chi connectivity index (χ3n) is 4.01. The van der Waals surface area contributed by atoms with Crippen molar-refractivity contribution in [1.82, 2.24) is 25.3 Å². The molecule has 0 atom stereocenters. The van der Waals surface area contributed by atoms with Gasteiger partial charge in [-0.25, -0.2) is 0 Å². The van der Waals surface area contributed by atoms with Crippen molar-refractivity contribution in [2.24, 2.45) is 4.99 Å². The highest BCUT2D eigenvalue weighted by atomic mass is 127. The fourth-order valence-corrected chi connectivity index (χ4v) is 2.77. The molecule has 1 aromatic rings. The SMILES string of the molecule is CN=C(NCCCn1cc(C)cn1)NCCN1CCCCC1.I. The number of aryl methyl sites for hydroxylation is 2. The molecule has 2 heterocycles. The largest absolute Gasteiger partial charge is 0.356 e. The highest BCUT2D eigenvalue weighted by molar-refractivity contribution is 14.0. The molecule has 0 aliphatic carbocycles. The summed E-state index contributed by atoms with van der Waals surface area (Å²) >= 11 is 0. The molecule has 0 amide bonds. The maximum atomic E-state index is 4.29. The predicted octanol–water partition coefficient (Wildman–Crippen LogP) is 1.85. The molecule has 1 saturated heterocycles. The molecule has 1 aliphatic heterocycles. The first-order chi connectivity index (χ1) is 10.8. The summed E-state index contributed by atoms with van der Waals surface area (Å²) in [7, 11) is 1.83. The van der Waals surface area contributed by atoms with Crippen LogP contribution in [0.25, 0.3) is 0 Å². The van der Waals surface area contributed by atoms with Gasteiger partial charge >= 0.3 is 0 Å². The molecule has 0 saturated carbocycles. The number of rotatable bonds is 7. The van der Waals surface area contributed by atoms with Crippen LogP contribution in [-0.2, 0) is 6.54 Å². The summed E-state index contributed by atoms with van der Waals surface area (Å²) in [5, 5.41) is 11.0. The van der Waals surface area contributed by atoms with Gasteiger partial charge in [0.2, 0.25) is 0 Å². The van der Waals surface area contributed by atoms with Crippen LogP contribution in [0.5, 0.6) is 0 Å². The first-order valence-electron chi connectivity index (χ1n) is 8.44. The lowest BCUT2D eigenvalue weighted by Crippen LogP contribution is -2.43. The Morgan fingerprint density at radius 2 is 1.91 bits per heavy atom. The van der Waals surface area contributed by atoms with Crippen LogP contribution >= 0.6 is 24.0 Å². The van der Waals surface area contributed by atoms with Crippen LogP contribution in [0.1, 0.15) is 31.2 Å². The van der Waals surface area contributed by atoms with E-state index in [1.165, 1.54) is 37.9 Å². The van der Waals surface area contributed by atoms with Crippen LogP contribution in [0.15, 0.2) is 17.4 Å². The summed E-state index contributed by atoms with van der Waals surface area (Å²) in [4.78, 5) is 6.80. The Balaban J connectivity index is 0.00000264. The zero-order chi connectivity index (χ0) is 15.6. The summed E-state index contributed by atoms with van der Waals surface area (Å²) in [5.74, 6) is 0.897. The zero-order valence-electron chi connectivity index (χ0n) is 14.4. The van der Waals surface area contributed by atoms with Gasteiger partial charge in [-0.15, -0.1) is 24.0 Å². The Bertz CT molecular complexity index is 453. The monoisotopic (exact) mass is 434 g/mol. The van der Waals surface area contributed by atoms with Gasteiger partial charge in [-0.3, -0.25) is 9.67 Å². The minimum absolute atomic E-state index is 0. The van der Waals surface area contributed by atoms with E-state index >= 15 is 0 Å². The standard InChI is InChI=1S/C16H30N6.HI/c1-15-13-20-22(14-15)11-6-7-18-16(17-2)19-8-12-21-9-4-3-5-10-21;/h13-14H,3-12H2,1-2H3,(H2,17,18,19);1H. The molecule has 132 valence electrons. The third kappa shape index (κ3) is 8.01. The maximum Gasteiger partial charge on any atom is 0.191 e. The summed E-state index contributed by atoms with van der Waals surface area (Å²) in [6.45, 7) is 8.46. The van der Waals surface area contributed by atoms with E-state index in [0.29, 0.717) is 0 Å². The number of likely N-dealkylation sites (tertiary alicyclic amines) is 1. The van der Waals surface area contributed by atoms with Crippen LogP contribution in [0.3, 0.4) is 0 Å². The number of halogens is 1. The molecule has 2 N–H and O–H groups in total. The number of piperidine rings is 1. The fraction of sp³-hybridized carbons (Fsp3) is 0.750. The minimum Gasteiger partial charge on any atom is -0.356 e. The van der Waals surface area contributed by atoms with Crippen LogP contribution < -0.4 is 10.6 Å². The van der Waals surface area contributed by atoms with Gasteiger partial charge in [-0.05, 0) is 44.8 Å². The number of nitrogens with zero attached hydrogens (tertiary/aromatic N) is 4. The Hall–Kier alpha value is -0.830. The van der Waals surface area contributed by atoms with E-state index in [1.807, 2.05) is 17.9 Å². The predicted molar refractivity (Wildman–Crippen MR) is 107 cm³/mol. The number of guanidine groups is 1. The molecule has 1 aliphatic rings. The summed E-state index contributed by atoms with van der Waals surface area (Å²) in [6.07, 6.45) is 9.09. The van der Waals surface area contributed by atoms with Gasteiger partial charge in [0.15, 0.2) is 5.96 Å². The lowest BCUT2D eigenvalue weighted by molar-refractivity contribution is 0.232. The van der Waals surface area contributed by atoms with Gasteiger partial charge in [0, 0.05) is 39.4 Å². The van der Waals surface area contributed by atoms with Gasteiger partial charge in [-0.1, -0.05) is 6.42 Å². The van der Waals surface area contributed by atoms with E-state index < -0.39 is 0 Å². The van der Waals surface area contributed by atoms with Gasteiger partial charge in [0.05, 0.1) is 6.20 Å². The second kappa shape index (κ2) is 11.7. The smallest absolute Gasteiger partial charge is 0.191 e. The van der Waals surface area contributed by atoms with Crippen LogP contribution in [0.4, 0.5) is 0 Å². The first kappa shape index (κ1) is 20.2. The fourth-order valence-electron chi connectivity index (χ4n) is 2.77. The number of hydrogen-bond donors (Lipinski definition) is 2. The average molecular weight is 434 g/mol. The molecule has 6 nitrogen and oxygen atoms in total. The molecule has 0 radical (unpaired) electrons. The molecule has 0 unspecified atom stereocenters.